The highest BCUT2D eigenvalue weighted by molar-refractivity contribution is 5.85. The summed E-state index contributed by atoms with van der Waals surface area (Å²) in [7, 11) is 0. The molecule has 0 atom stereocenters. The third-order valence-electron chi connectivity index (χ3n) is 3.42. The van der Waals surface area contributed by atoms with Crippen LogP contribution in [0.1, 0.15) is 19.8 Å². The Hall–Kier alpha value is -0.910. The number of rotatable bonds is 3. The Labute approximate surface area is 101 Å². The van der Waals surface area contributed by atoms with Crippen LogP contribution in [-0.4, -0.2) is 54.6 Å². The maximum Gasteiger partial charge on any atom is 0.330 e. The minimum atomic E-state index is -0.846. The summed E-state index contributed by atoms with van der Waals surface area (Å²) >= 11 is 0. The van der Waals surface area contributed by atoms with Crippen molar-refractivity contribution >= 4 is 5.97 Å². The molecule has 1 N–H and O–H groups in total. The van der Waals surface area contributed by atoms with Crippen molar-refractivity contribution in [3.05, 3.63) is 11.6 Å². The van der Waals surface area contributed by atoms with Crippen molar-refractivity contribution in [1.82, 2.24) is 4.90 Å². The van der Waals surface area contributed by atoms with Crippen molar-refractivity contribution in [1.29, 1.82) is 0 Å². The fourth-order valence-corrected chi connectivity index (χ4v) is 2.22. The Balaban J connectivity index is 1.79. The summed E-state index contributed by atoms with van der Waals surface area (Å²) in [6.45, 7) is 5.48. The quantitative estimate of drug-likeness (QED) is 0.742. The average Bonchev–Trinajstić information content (AvgIpc) is 2.76. The Morgan fingerprint density at radius 1 is 1.35 bits per heavy atom. The van der Waals surface area contributed by atoms with Gasteiger partial charge in [0.2, 0.25) is 0 Å². The molecule has 0 amide bonds. The lowest BCUT2D eigenvalue weighted by atomic mass is 10.0. The molecule has 0 aromatic rings. The zero-order chi connectivity index (χ0) is 12.3. The van der Waals surface area contributed by atoms with Gasteiger partial charge < -0.3 is 14.6 Å². The number of carboxylic acid groups (broad SMARTS) is 1. The molecular weight excluding hydrogens is 222 g/mol. The molecule has 0 aromatic heterocycles. The first-order chi connectivity index (χ1) is 8.11. The minimum absolute atomic E-state index is 0.345. The van der Waals surface area contributed by atoms with Crippen molar-refractivity contribution in [3.63, 3.8) is 0 Å². The Bertz CT molecular complexity index is 310. The summed E-state index contributed by atoms with van der Waals surface area (Å²) < 4.78 is 11.3. The summed E-state index contributed by atoms with van der Waals surface area (Å²) in [5, 5.41) is 8.75. The molecular formula is C12H19NO4. The van der Waals surface area contributed by atoms with Gasteiger partial charge in [-0.3, -0.25) is 4.90 Å². The Morgan fingerprint density at radius 2 is 1.94 bits per heavy atom. The largest absolute Gasteiger partial charge is 0.478 e. The van der Waals surface area contributed by atoms with E-state index in [1.165, 1.54) is 0 Å². The third kappa shape index (κ3) is 3.06. The molecule has 2 rings (SSSR count). The van der Waals surface area contributed by atoms with Crippen LogP contribution in [0.15, 0.2) is 11.6 Å². The van der Waals surface area contributed by atoms with Crippen LogP contribution in [0.3, 0.4) is 0 Å². The highest BCUT2D eigenvalue weighted by atomic mass is 16.7. The number of hydrogen-bond donors (Lipinski definition) is 1. The molecule has 2 aliphatic heterocycles. The van der Waals surface area contributed by atoms with Crippen LogP contribution in [0.2, 0.25) is 0 Å². The molecule has 0 saturated carbocycles. The van der Waals surface area contributed by atoms with E-state index in [4.69, 9.17) is 14.6 Å². The van der Waals surface area contributed by atoms with Crippen LogP contribution < -0.4 is 0 Å². The molecule has 5 heteroatoms. The van der Waals surface area contributed by atoms with Gasteiger partial charge >= 0.3 is 5.97 Å². The number of hydrogen-bond acceptors (Lipinski definition) is 4. The van der Waals surface area contributed by atoms with Gasteiger partial charge in [-0.05, 0) is 6.92 Å². The lowest BCUT2D eigenvalue weighted by Gasteiger charge is -2.37. The van der Waals surface area contributed by atoms with E-state index < -0.39 is 5.97 Å². The van der Waals surface area contributed by atoms with E-state index in [9.17, 15) is 4.79 Å². The van der Waals surface area contributed by atoms with E-state index in [1.54, 1.807) is 13.0 Å². The fraction of sp³-hybridized carbons (Fsp3) is 0.750. The average molecular weight is 241 g/mol. The van der Waals surface area contributed by atoms with Gasteiger partial charge in [0.25, 0.3) is 0 Å². The zero-order valence-electron chi connectivity index (χ0n) is 10.1. The lowest BCUT2D eigenvalue weighted by molar-refractivity contribution is -0.184. The van der Waals surface area contributed by atoms with E-state index in [0.29, 0.717) is 25.3 Å². The topological polar surface area (TPSA) is 59.0 Å². The van der Waals surface area contributed by atoms with E-state index >= 15 is 0 Å². The monoisotopic (exact) mass is 241 g/mol. The van der Waals surface area contributed by atoms with Crippen LogP contribution >= 0.6 is 0 Å². The minimum Gasteiger partial charge on any atom is -0.478 e. The number of carboxylic acids is 1. The van der Waals surface area contributed by atoms with Crippen LogP contribution in [0, 0.1) is 0 Å². The normalized spacial score (nSPS) is 25.4. The van der Waals surface area contributed by atoms with Crippen molar-refractivity contribution in [2.45, 2.75) is 25.6 Å². The summed E-state index contributed by atoms with van der Waals surface area (Å²) in [6, 6.07) is 0. The predicted octanol–water partition coefficient (Wildman–Crippen LogP) is 0.856. The van der Waals surface area contributed by atoms with E-state index in [1.807, 2.05) is 0 Å². The number of piperidine rings is 1. The van der Waals surface area contributed by atoms with Crippen molar-refractivity contribution in [2.75, 3.05) is 32.8 Å². The standard InChI is InChI=1S/C12H19NO4/c1-10(11(14)15)2-5-13-6-3-12(4-7-13)16-8-9-17-12/h2H,3-9H2,1H3,(H,14,15). The van der Waals surface area contributed by atoms with Gasteiger partial charge in [0.15, 0.2) is 5.79 Å². The van der Waals surface area contributed by atoms with Gasteiger partial charge in [0.05, 0.1) is 13.2 Å². The van der Waals surface area contributed by atoms with Gasteiger partial charge in [-0.2, -0.15) is 0 Å². The van der Waals surface area contributed by atoms with Crippen LogP contribution in [-0.2, 0) is 14.3 Å². The molecule has 17 heavy (non-hydrogen) atoms. The molecule has 2 aliphatic rings. The highest BCUT2D eigenvalue weighted by Gasteiger charge is 2.39. The summed E-state index contributed by atoms with van der Waals surface area (Å²) in [5.74, 6) is -1.19. The summed E-state index contributed by atoms with van der Waals surface area (Å²) in [6.07, 6.45) is 3.50. The second-order valence-corrected chi connectivity index (χ2v) is 4.60. The second-order valence-electron chi connectivity index (χ2n) is 4.60. The van der Waals surface area contributed by atoms with Crippen molar-refractivity contribution in [2.24, 2.45) is 0 Å². The maximum absolute atomic E-state index is 10.6. The van der Waals surface area contributed by atoms with Crippen LogP contribution in [0.5, 0.6) is 0 Å². The second kappa shape index (κ2) is 5.16. The molecule has 0 radical (unpaired) electrons. The molecule has 0 bridgehead atoms. The van der Waals surface area contributed by atoms with Gasteiger partial charge in [-0.1, -0.05) is 6.08 Å². The summed E-state index contributed by atoms with van der Waals surface area (Å²) in [4.78, 5) is 12.9. The van der Waals surface area contributed by atoms with Crippen molar-refractivity contribution < 1.29 is 19.4 Å². The zero-order valence-corrected chi connectivity index (χ0v) is 10.1. The molecule has 1 spiro atoms. The number of ether oxygens (including phenoxy) is 2. The molecule has 0 aromatic carbocycles. The first-order valence-electron chi connectivity index (χ1n) is 6.02. The number of likely N-dealkylation sites (tertiary alicyclic amines) is 1. The molecule has 2 fully saturated rings. The third-order valence-corrected chi connectivity index (χ3v) is 3.42. The van der Waals surface area contributed by atoms with E-state index in [0.717, 1.165) is 25.9 Å². The number of carbonyl (C=O) groups is 1. The Kier molecular flexibility index (Phi) is 3.81. The van der Waals surface area contributed by atoms with Crippen molar-refractivity contribution in [3.8, 4) is 0 Å². The van der Waals surface area contributed by atoms with E-state index in [-0.39, 0.29) is 5.79 Å². The molecule has 2 saturated heterocycles. The van der Waals surface area contributed by atoms with Gasteiger partial charge in [0.1, 0.15) is 0 Å². The van der Waals surface area contributed by atoms with Crippen LogP contribution in [0.4, 0.5) is 0 Å². The first-order valence-corrected chi connectivity index (χ1v) is 6.02. The Morgan fingerprint density at radius 3 is 2.47 bits per heavy atom. The van der Waals surface area contributed by atoms with Gasteiger partial charge in [-0.25, -0.2) is 4.79 Å². The smallest absolute Gasteiger partial charge is 0.330 e. The highest BCUT2D eigenvalue weighted by Crippen LogP contribution is 2.31. The molecule has 5 nitrogen and oxygen atoms in total. The van der Waals surface area contributed by atoms with Crippen LogP contribution in [0.25, 0.3) is 0 Å². The van der Waals surface area contributed by atoms with Gasteiger partial charge in [-0.15, -0.1) is 0 Å². The fourth-order valence-electron chi connectivity index (χ4n) is 2.22. The summed E-state index contributed by atoms with van der Waals surface area (Å²) in [5.41, 5.74) is 0.402. The first kappa shape index (κ1) is 12.5. The SMILES string of the molecule is CC(=CCN1CCC2(CC1)OCCO2)C(=O)O. The maximum atomic E-state index is 10.6. The lowest BCUT2D eigenvalue weighted by Crippen LogP contribution is -2.45. The predicted molar refractivity (Wildman–Crippen MR) is 61.7 cm³/mol. The molecule has 0 aliphatic carbocycles. The van der Waals surface area contributed by atoms with Gasteiger partial charge in [0, 0.05) is 38.0 Å². The molecule has 0 unspecified atom stereocenters. The van der Waals surface area contributed by atoms with E-state index in [2.05, 4.69) is 4.90 Å². The number of nitrogens with zero attached hydrogens (tertiary/aromatic N) is 1. The number of aliphatic carboxylic acids is 1. The molecule has 2 heterocycles. The molecule has 96 valence electrons.